The van der Waals surface area contributed by atoms with Gasteiger partial charge in [-0.05, 0) is 49.2 Å². The van der Waals surface area contributed by atoms with Crippen LogP contribution in [-0.2, 0) is 6.42 Å². The summed E-state index contributed by atoms with van der Waals surface area (Å²) in [6.45, 7) is 7.94. The Morgan fingerprint density at radius 2 is 2.00 bits per heavy atom. The second-order valence-corrected chi connectivity index (χ2v) is 7.11. The Labute approximate surface area is 161 Å². The Bertz CT molecular complexity index is 726. The molecule has 0 atom stereocenters. The zero-order valence-corrected chi connectivity index (χ0v) is 16.4. The van der Waals surface area contributed by atoms with Gasteiger partial charge >= 0.3 is 0 Å². The van der Waals surface area contributed by atoms with Crippen molar-refractivity contribution in [2.75, 3.05) is 36.4 Å². The van der Waals surface area contributed by atoms with E-state index in [0.29, 0.717) is 0 Å². The molecule has 0 aliphatic carbocycles. The van der Waals surface area contributed by atoms with E-state index in [1.807, 2.05) is 6.20 Å². The standard InChI is InChI=1S/C20H27N5S/c1-3-4-5-17-6-7-18(16(2)14-17)23-20(26)25-12-10-24(11-13-25)19-15-21-8-9-22-19/h6-9,14-15H,3-5,10-13H2,1-2H3,(H,23,26). The highest BCUT2D eigenvalue weighted by molar-refractivity contribution is 7.80. The van der Waals surface area contributed by atoms with Crippen molar-refractivity contribution in [3.63, 3.8) is 0 Å². The summed E-state index contributed by atoms with van der Waals surface area (Å²) in [7, 11) is 0. The molecule has 1 N–H and O–H groups in total. The number of piperazine rings is 1. The van der Waals surface area contributed by atoms with Crippen LogP contribution in [0.15, 0.2) is 36.8 Å². The lowest BCUT2D eigenvalue weighted by atomic mass is 10.0. The number of unbranched alkanes of at least 4 members (excludes halogenated alkanes) is 1. The third-order valence-corrected chi connectivity index (χ3v) is 5.15. The van der Waals surface area contributed by atoms with E-state index in [-0.39, 0.29) is 0 Å². The lowest BCUT2D eigenvalue weighted by Gasteiger charge is -2.36. The van der Waals surface area contributed by atoms with E-state index >= 15 is 0 Å². The molecule has 0 amide bonds. The number of hydrogen-bond donors (Lipinski definition) is 1. The van der Waals surface area contributed by atoms with Gasteiger partial charge in [0.25, 0.3) is 0 Å². The number of nitrogens with zero attached hydrogens (tertiary/aromatic N) is 4. The van der Waals surface area contributed by atoms with Crippen molar-refractivity contribution < 1.29 is 0 Å². The molecule has 1 aromatic carbocycles. The summed E-state index contributed by atoms with van der Waals surface area (Å²) in [5, 5.41) is 4.23. The van der Waals surface area contributed by atoms with E-state index in [4.69, 9.17) is 12.2 Å². The molecule has 0 saturated carbocycles. The first kappa shape index (κ1) is 18.6. The minimum Gasteiger partial charge on any atom is -0.352 e. The van der Waals surface area contributed by atoms with Crippen molar-refractivity contribution >= 4 is 28.8 Å². The largest absolute Gasteiger partial charge is 0.352 e. The topological polar surface area (TPSA) is 44.3 Å². The van der Waals surface area contributed by atoms with Gasteiger partial charge in [-0.25, -0.2) is 4.98 Å². The van der Waals surface area contributed by atoms with Gasteiger partial charge in [0.15, 0.2) is 5.11 Å². The van der Waals surface area contributed by atoms with Gasteiger partial charge < -0.3 is 15.1 Å². The van der Waals surface area contributed by atoms with Crippen molar-refractivity contribution in [1.29, 1.82) is 0 Å². The van der Waals surface area contributed by atoms with Gasteiger partial charge in [0, 0.05) is 44.3 Å². The molecule has 138 valence electrons. The van der Waals surface area contributed by atoms with Gasteiger partial charge in [0.05, 0.1) is 6.20 Å². The smallest absolute Gasteiger partial charge is 0.173 e. The highest BCUT2D eigenvalue weighted by atomic mass is 32.1. The molecule has 1 aliphatic heterocycles. The van der Waals surface area contributed by atoms with Crippen LogP contribution in [0.2, 0.25) is 0 Å². The van der Waals surface area contributed by atoms with Crippen LogP contribution in [0, 0.1) is 6.92 Å². The first-order chi connectivity index (χ1) is 12.7. The van der Waals surface area contributed by atoms with Gasteiger partial charge in [0.2, 0.25) is 0 Å². The first-order valence-corrected chi connectivity index (χ1v) is 9.74. The van der Waals surface area contributed by atoms with Gasteiger partial charge in [0.1, 0.15) is 5.82 Å². The second kappa shape index (κ2) is 8.94. The van der Waals surface area contributed by atoms with Gasteiger partial charge in [-0.1, -0.05) is 25.5 Å². The Morgan fingerprint density at radius 1 is 1.19 bits per heavy atom. The molecule has 2 heterocycles. The van der Waals surface area contributed by atoms with Crippen LogP contribution >= 0.6 is 12.2 Å². The van der Waals surface area contributed by atoms with Crippen LogP contribution in [0.5, 0.6) is 0 Å². The quantitative estimate of drug-likeness (QED) is 0.812. The van der Waals surface area contributed by atoms with Crippen LogP contribution in [0.4, 0.5) is 11.5 Å². The van der Waals surface area contributed by atoms with Crippen LogP contribution in [0.3, 0.4) is 0 Å². The van der Waals surface area contributed by atoms with Crippen molar-refractivity contribution in [3.8, 4) is 0 Å². The number of anilines is 2. The first-order valence-electron chi connectivity index (χ1n) is 9.34. The van der Waals surface area contributed by atoms with Crippen molar-refractivity contribution in [2.24, 2.45) is 0 Å². The molecule has 26 heavy (non-hydrogen) atoms. The second-order valence-electron chi connectivity index (χ2n) is 6.72. The van der Waals surface area contributed by atoms with E-state index in [2.05, 4.69) is 57.1 Å². The number of aryl methyl sites for hydroxylation is 2. The molecule has 0 spiro atoms. The molecule has 1 saturated heterocycles. The monoisotopic (exact) mass is 369 g/mol. The Kier molecular flexibility index (Phi) is 6.39. The minimum absolute atomic E-state index is 0.799. The highest BCUT2D eigenvalue weighted by Crippen LogP contribution is 2.19. The highest BCUT2D eigenvalue weighted by Gasteiger charge is 2.20. The normalized spacial score (nSPS) is 14.4. The number of nitrogens with one attached hydrogen (secondary N) is 1. The lowest BCUT2D eigenvalue weighted by Crippen LogP contribution is -2.50. The molecule has 3 rings (SSSR count). The fraction of sp³-hybridized carbons (Fsp3) is 0.450. The Hall–Kier alpha value is -2.21. The predicted octanol–water partition coefficient (Wildman–Crippen LogP) is 3.65. The summed E-state index contributed by atoms with van der Waals surface area (Å²) in [4.78, 5) is 13.0. The van der Waals surface area contributed by atoms with Crippen LogP contribution in [-0.4, -0.2) is 46.2 Å². The molecule has 1 aromatic heterocycles. The number of hydrogen-bond acceptors (Lipinski definition) is 4. The zero-order chi connectivity index (χ0) is 18.4. The maximum Gasteiger partial charge on any atom is 0.173 e. The van der Waals surface area contributed by atoms with Crippen LogP contribution in [0.25, 0.3) is 0 Å². The van der Waals surface area contributed by atoms with Gasteiger partial charge in [-0.15, -0.1) is 0 Å². The summed E-state index contributed by atoms with van der Waals surface area (Å²) >= 11 is 5.64. The third-order valence-electron chi connectivity index (χ3n) is 4.79. The molecule has 6 heteroatoms. The summed E-state index contributed by atoms with van der Waals surface area (Å²) in [6, 6.07) is 6.63. The van der Waals surface area contributed by atoms with Crippen molar-refractivity contribution in [3.05, 3.63) is 47.9 Å². The molecule has 2 aromatic rings. The molecular formula is C20H27N5S. The summed E-state index contributed by atoms with van der Waals surface area (Å²) in [5.74, 6) is 0.935. The van der Waals surface area contributed by atoms with Crippen molar-refractivity contribution in [1.82, 2.24) is 14.9 Å². The fourth-order valence-electron chi connectivity index (χ4n) is 3.19. The van der Waals surface area contributed by atoms with Gasteiger partial charge in [-0.3, -0.25) is 4.98 Å². The maximum atomic E-state index is 5.64. The van der Waals surface area contributed by atoms with Gasteiger partial charge in [-0.2, -0.15) is 0 Å². The average Bonchev–Trinajstić information content (AvgIpc) is 2.69. The van der Waals surface area contributed by atoms with Crippen LogP contribution < -0.4 is 10.2 Å². The predicted molar refractivity (Wildman–Crippen MR) is 112 cm³/mol. The average molecular weight is 370 g/mol. The maximum absolute atomic E-state index is 5.64. The van der Waals surface area contributed by atoms with Crippen LogP contribution in [0.1, 0.15) is 30.9 Å². The molecule has 5 nitrogen and oxygen atoms in total. The molecule has 0 radical (unpaired) electrons. The number of thiocarbonyl (C=S) groups is 1. The lowest BCUT2D eigenvalue weighted by molar-refractivity contribution is 0.389. The summed E-state index contributed by atoms with van der Waals surface area (Å²) < 4.78 is 0. The molecule has 0 bridgehead atoms. The van der Waals surface area contributed by atoms with E-state index in [1.165, 1.54) is 24.0 Å². The SMILES string of the molecule is CCCCc1ccc(NC(=S)N2CCN(c3cnccn3)CC2)c(C)c1. The summed E-state index contributed by atoms with van der Waals surface area (Å²) in [6.07, 6.45) is 8.86. The van der Waals surface area contributed by atoms with E-state index < -0.39 is 0 Å². The van der Waals surface area contributed by atoms with E-state index in [1.54, 1.807) is 12.4 Å². The molecule has 0 unspecified atom stereocenters. The van der Waals surface area contributed by atoms with E-state index in [0.717, 1.165) is 49.2 Å². The molecular weight excluding hydrogens is 342 g/mol. The van der Waals surface area contributed by atoms with Crippen molar-refractivity contribution in [2.45, 2.75) is 33.1 Å². The number of aromatic nitrogens is 2. The molecule has 1 fully saturated rings. The zero-order valence-electron chi connectivity index (χ0n) is 15.6. The number of rotatable bonds is 5. The Balaban J connectivity index is 1.54. The minimum atomic E-state index is 0.799. The Morgan fingerprint density at radius 3 is 2.65 bits per heavy atom. The number of benzene rings is 1. The fourth-order valence-corrected chi connectivity index (χ4v) is 3.48. The van der Waals surface area contributed by atoms with E-state index in [9.17, 15) is 0 Å². The summed E-state index contributed by atoms with van der Waals surface area (Å²) in [5.41, 5.74) is 3.75. The third kappa shape index (κ3) is 4.69. The molecule has 1 aliphatic rings.